The van der Waals surface area contributed by atoms with Crippen molar-refractivity contribution in [3.05, 3.63) is 29.3 Å². The zero-order valence-electron chi connectivity index (χ0n) is 11.9. The van der Waals surface area contributed by atoms with Gasteiger partial charge in [0.15, 0.2) is 0 Å². The lowest BCUT2D eigenvalue weighted by atomic mass is 9.84. The van der Waals surface area contributed by atoms with Crippen molar-refractivity contribution in [3.8, 4) is 5.75 Å². The molecule has 0 aliphatic carbocycles. The Morgan fingerprint density at radius 3 is 2.65 bits per heavy atom. The minimum absolute atomic E-state index is 0.110. The van der Waals surface area contributed by atoms with Gasteiger partial charge in [0.25, 0.3) is 0 Å². The second-order valence-corrected chi connectivity index (χ2v) is 6.05. The average molecular weight is 275 g/mol. The maximum Gasteiger partial charge on any atom is 0.336 e. The predicted molar refractivity (Wildman–Crippen MR) is 76.4 cm³/mol. The minimum atomic E-state index is -0.889. The highest BCUT2D eigenvalue weighted by Gasteiger charge is 2.40. The first kappa shape index (κ1) is 13.4. The number of fused-ring (bicyclic) bond motifs is 2. The summed E-state index contributed by atoms with van der Waals surface area (Å²) in [7, 11) is 0. The van der Waals surface area contributed by atoms with Crippen LogP contribution >= 0.6 is 0 Å². The quantitative estimate of drug-likeness (QED) is 0.921. The number of aryl methyl sites for hydroxylation is 1. The third-order valence-corrected chi connectivity index (χ3v) is 4.50. The summed E-state index contributed by atoms with van der Waals surface area (Å²) in [5, 5.41) is 9.21. The summed E-state index contributed by atoms with van der Waals surface area (Å²) in [6.45, 7) is 5.12. The molecule has 0 atom stereocenters. The van der Waals surface area contributed by atoms with Crippen molar-refractivity contribution in [1.82, 2.24) is 4.90 Å². The van der Waals surface area contributed by atoms with Gasteiger partial charge in [-0.2, -0.15) is 0 Å². The number of nitrogens with zero attached hydrogens (tertiary/aromatic N) is 1. The van der Waals surface area contributed by atoms with Crippen molar-refractivity contribution in [3.63, 3.8) is 0 Å². The Labute approximate surface area is 119 Å². The van der Waals surface area contributed by atoms with Crippen LogP contribution in [0, 0.1) is 6.92 Å². The van der Waals surface area contributed by atoms with Gasteiger partial charge in [-0.1, -0.05) is 6.07 Å². The van der Waals surface area contributed by atoms with Crippen molar-refractivity contribution in [2.75, 3.05) is 19.6 Å². The van der Waals surface area contributed by atoms with E-state index in [2.05, 4.69) is 4.90 Å². The molecule has 0 saturated carbocycles. The van der Waals surface area contributed by atoms with E-state index in [9.17, 15) is 9.90 Å². The van der Waals surface area contributed by atoms with Gasteiger partial charge in [-0.05, 0) is 63.4 Å². The maximum atomic E-state index is 11.2. The van der Waals surface area contributed by atoms with Gasteiger partial charge in [0.2, 0.25) is 0 Å². The fourth-order valence-corrected chi connectivity index (χ4v) is 3.49. The Balaban J connectivity index is 1.83. The molecule has 108 valence electrons. The van der Waals surface area contributed by atoms with E-state index in [0.717, 1.165) is 37.8 Å². The molecular weight excluding hydrogens is 254 g/mol. The van der Waals surface area contributed by atoms with E-state index in [-0.39, 0.29) is 5.60 Å². The van der Waals surface area contributed by atoms with Crippen LogP contribution < -0.4 is 4.74 Å². The second-order valence-electron chi connectivity index (χ2n) is 6.05. The number of ether oxygens (including phenoxy) is 1. The molecule has 2 fully saturated rings. The molecule has 2 aliphatic rings. The molecular formula is C16H21NO3. The molecule has 2 heterocycles. The summed E-state index contributed by atoms with van der Waals surface area (Å²) >= 11 is 0. The number of piperidine rings is 2. The van der Waals surface area contributed by atoms with Gasteiger partial charge in [0, 0.05) is 6.54 Å². The standard InChI is InChI=1S/C16H21NO3/c1-12-4-5-13(10-14(12)15(18)19)20-16-6-2-8-17(11-16)9-3-7-16/h4-5,10H,2-3,6-9,11H2,1H3,(H,18,19). The topological polar surface area (TPSA) is 49.8 Å². The minimum Gasteiger partial charge on any atom is -0.486 e. The fraction of sp³-hybridized carbons (Fsp3) is 0.562. The van der Waals surface area contributed by atoms with Crippen molar-refractivity contribution in [2.24, 2.45) is 0 Å². The summed E-state index contributed by atoms with van der Waals surface area (Å²) < 4.78 is 6.25. The van der Waals surface area contributed by atoms with Crippen LogP contribution in [0.3, 0.4) is 0 Å². The molecule has 2 bridgehead atoms. The monoisotopic (exact) mass is 275 g/mol. The van der Waals surface area contributed by atoms with Gasteiger partial charge in [-0.15, -0.1) is 0 Å². The number of carboxylic acids is 1. The van der Waals surface area contributed by atoms with E-state index in [1.165, 1.54) is 13.1 Å². The lowest BCUT2D eigenvalue weighted by Gasteiger charge is -2.46. The molecule has 1 N–H and O–H groups in total. The first-order valence-electron chi connectivity index (χ1n) is 7.33. The van der Waals surface area contributed by atoms with Crippen LogP contribution in [-0.4, -0.2) is 41.2 Å². The number of rotatable bonds is 3. The number of hydrogen-bond donors (Lipinski definition) is 1. The normalized spacial score (nSPS) is 28.9. The van der Waals surface area contributed by atoms with Crippen LogP contribution in [0.15, 0.2) is 18.2 Å². The first-order valence-corrected chi connectivity index (χ1v) is 7.33. The molecule has 20 heavy (non-hydrogen) atoms. The van der Waals surface area contributed by atoms with Gasteiger partial charge in [0.1, 0.15) is 11.4 Å². The van der Waals surface area contributed by atoms with E-state index in [0.29, 0.717) is 11.3 Å². The summed E-state index contributed by atoms with van der Waals surface area (Å²) in [5.74, 6) is -0.198. The molecule has 4 nitrogen and oxygen atoms in total. The summed E-state index contributed by atoms with van der Waals surface area (Å²) in [6, 6.07) is 5.39. The Morgan fingerprint density at radius 1 is 1.30 bits per heavy atom. The highest BCUT2D eigenvalue weighted by molar-refractivity contribution is 5.89. The molecule has 3 rings (SSSR count). The Hall–Kier alpha value is -1.55. The molecule has 0 amide bonds. The second kappa shape index (κ2) is 5.09. The van der Waals surface area contributed by atoms with Crippen LogP contribution in [0.4, 0.5) is 0 Å². The largest absolute Gasteiger partial charge is 0.486 e. The molecule has 2 saturated heterocycles. The molecule has 1 aromatic carbocycles. The number of carboxylic acid groups (broad SMARTS) is 1. The van der Waals surface area contributed by atoms with E-state index >= 15 is 0 Å². The molecule has 2 aliphatic heterocycles. The number of hydrogen-bond acceptors (Lipinski definition) is 3. The predicted octanol–water partition coefficient (Wildman–Crippen LogP) is 2.70. The van der Waals surface area contributed by atoms with E-state index in [4.69, 9.17) is 4.74 Å². The third-order valence-electron chi connectivity index (χ3n) is 4.50. The van der Waals surface area contributed by atoms with Crippen molar-refractivity contribution in [1.29, 1.82) is 0 Å². The zero-order chi connectivity index (χ0) is 14.2. The molecule has 0 spiro atoms. The number of benzene rings is 1. The lowest BCUT2D eigenvalue weighted by Crippen LogP contribution is -2.55. The highest BCUT2D eigenvalue weighted by Crippen LogP contribution is 2.35. The van der Waals surface area contributed by atoms with Gasteiger partial charge >= 0.3 is 5.97 Å². The Kier molecular flexibility index (Phi) is 3.42. The molecule has 0 aromatic heterocycles. The fourth-order valence-electron chi connectivity index (χ4n) is 3.49. The van der Waals surface area contributed by atoms with Crippen LogP contribution in [0.2, 0.25) is 0 Å². The van der Waals surface area contributed by atoms with Gasteiger partial charge < -0.3 is 9.84 Å². The van der Waals surface area contributed by atoms with Crippen molar-refractivity contribution >= 4 is 5.97 Å². The molecule has 0 unspecified atom stereocenters. The molecule has 0 radical (unpaired) electrons. The van der Waals surface area contributed by atoms with Gasteiger partial charge in [-0.25, -0.2) is 4.79 Å². The summed E-state index contributed by atoms with van der Waals surface area (Å²) in [5.41, 5.74) is 1.00. The third kappa shape index (κ3) is 2.52. The van der Waals surface area contributed by atoms with Crippen LogP contribution in [0.25, 0.3) is 0 Å². The smallest absolute Gasteiger partial charge is 0.336 e. The van der Waals surface area contributed by atoms with Crippen LogP contribution in [-0.2, 0) is 0 Å². The lowest BCUT2D eigenvalue weighted by molar-refractivity contribution is -0.0427. The van der Waals surface area contributed by atoms with Gasteiger partial charge in [-0.3, -0.25) is 4.90 Å². The average Bonchev–Trinajstić information content (AvgIpc) is 2.40. The SMILES string of the molecule is Cc1ccc(OC23CCCN(CCC2)C3)cc1C(=O)O. The maximum absolute atomic E-state index is 11.2. The first-order chi connectivity index (χ1) is 9.58. The number of aromatic carboxylic acids is 1. The number of carbonyl (C=O) groups is 1. The summed E-state index contributed by atoms with van der Waals surface area (Å²) in [6.07, 6.45) is 4.47. The molecule has 4 heteroatoms. The summed E-state index contributed by atoms with van der Waals surface area (Å²) in [4.78, 5) is 13.7. The Morgan fingerprint density at radius 2 is 2.00 bits per heavy atom. The van der Waals surface area contributed by atoms with Crippen molar-refractivity contribution < 1.29 is 14.6 Å². The van der Waals surface area contributed by atoms with E-state index < -0.39 is 5.97 Å². The van der Waals surface area contributed by atoms with E-state index in [1.54, 1.807) is 6.07 Å². The zero-order valence-corrected chi connectivity index (χ0v) is 11.9. The molecule has 1 aromatic rings. The van der Waals surface area contributed by atoms with Crippen LogP contribution in [0.5, 0.6) is 5.75 Å². The van der Waals surface area contributed by atoms with E-state index in [1.807, 2.05) is 19.1 Å². The highest BCUT2D eigenvalue weighted by atomic mass is 16.5. The van der Waals surface area contributed by atoms with Crippen LogP contribution in [0.1, 0.15) is 41.6 Å². The van der Waals surface area contributed by atoms with Gasteiger partial charge in [0.05, 0.1) is 5.56 Å². The van der Waals surface area contributed by atoms with Crippen molar-refractivity contribution in [2.45, 2.75) is 38.2 Å². The Bertz CT molecular complexity index is 516.